The fourth-order valence-corrected chi connectivity index (χ4v) is 3.38. The van der Waals surface area contributed by atoms with Gasteiger partial charge in [0.1, 0.15) is 12.1 Å². The molecule has 0 aliphatic heterocycles. The zero-order valence-electron chi connectivity index (χ0n) is 19.3. The summed E-state index contributed by atoms with van der Waals surface area (Å²) in [4.78, 5) is 22.2. The Kier molecular flexibility index (Phi) is 7.83. The van der Waals surface area contributed by atoms with Crippen LogP contribution in [0.4, 0.5) is 11.5 Å². The molecule has 1 atom stereocenters. The van der Waals surface area contributed by atoms with Crippen LogP contribution in [0.15, 0.2) is 42.7 Å². The lowest BCUT2D eigenvalue weighted by Gasteiger charge is -2.15. The van der Waals surface area contributed by atoms with E-state index < -0.39 is 0 Å². The highest BCUT2D eigenvalue weighted by molar-refractivity contribution is 5.93. The summed E-state index contributed by atoms with van der Waals surface area (Å²) < 4.78 is 11.5. The van der Waals surface area contributed by atoms with Gasteiger partial charge in [-0.1, -0.05) is 12.1 Å². The van der Waals surface area contributed by atoms with Gasteiger partial charge in [-0.2, -0.15) is 0 Å². The molecule has 0 fully saturated rings. The van der Waals surface area contributed by atoms with Crippen molar-refractivity contribution in [1.29, 1.82) is 0 Å². The first-order valence-electron chi connectivity index (χ1n) is 10.6. The molecule has 1 aromatic heterocycles. The van der Waals surface area contributed by atoms with Gasteiger partial charge in [0.05, 0.1) is 25.3 Å². The number of methoxy groups -OCH3 is 1. The Balaban J connectivity index is 1.82. The number of hydrogen-bond acceptors (Lipinski definition) is 7. The Bertz CT molecular complexity index is 1050. The lowest BCUT2D eigenvalue weighted by atomic mass is 10.1. The molecule has 0 aliphatic rings. The van der Waals surface area contributed by atoms with E-state index in [1.54, 1.807) is 7.11 Å². The van der Waals surface area contributed by atoms with Crippen molar-refractivity contribution < 1.29 is 14.3 Å². The number of carbonyl (C=O) groups excluding carboxylic acids is 1. The first-order chi connectivity index (χ1) is 15.4. The van der Waals surface area contributed by atoms with Crippen LogP contribution in [0.3, 0.4) is 0 Å². The molecule has 0 bridgehead atoms. The maximum absolute atomic E-state index is 11.3. The molecule has 0 spiro atoms. The van der Waals surface area contributed by atoms with Crippen molar-refractivity contribution in [3.63, 3.8) is 0 Å². The molecule has 32 heavy (non-hydrogen) atoms. The van der Waals surface area contributed by atoms with Crippen LogP contribution in [-0.4, -0.2) is 55.1 Å². The number of anilines is 2. The standard InChI is InChI=1S/C24H31N5O3/c1-16(27-17(2)30)18-7-9-19(10-8-18)28-24-20-13-23(32-12-6-11-29(3)4)22(31-5)14-21(20)25-15-26-24/h7-10,13-16H,6,11-12H2,1-5H3,(H,27,30)(H,25,26,28)/t16-/m1/s1. The minimum Gasteiger partial charge on any atom is -0.493 e. The zero-order valence-corrected chi connectivity index (χ0v) is 19.3. The van der Waals surface area contributed by atoms with E-state index in [0.717, 1.165) is 35.1 Å². The van der Waals surface area contributed by atoms with Crippen molar-refractivity contribution in [1.82, 2.24) is 20.2 Å². The van der Waals surface area contributed by atoms with Crippen molar-refractivity contribution in [3.8, 4) is 11.5 Å². The average molecular weight is 438 g/mol. The Morgan fingerprint density at radius 3 is 2.53 bits per heavy atom. The molecular formula is C24H31N5O3. The molecule has 8 heteroatoms. The maximum atomic E-state index is 11.3. The minimum atomic E-state index is -0.0545. The summed E-state index contributed by atoms with van der Waals surface area (Å²) in [6, 6.07) is 11.6. The van der Waals surface area contributed by atoms with Crippen LogP contribution >= 0.6 is 0 Å². The van der Waals surface area contributed by atoms with Crippen LogP contribution < -0.4 is 20.1 Å². The van der Waals surface area contributed by atoms with Gasteiger partial charge in [-0.3, -0.25) is 4.79 Å². The zero-order chi connectivity index (χ0) is 23.1. The lowest BCUT2D eigenvalue weighted by Crippen LogP contribution is -2.23. The Morgan fingerprint density at radius 1 is 1.12 bits per heavy atom. The van der Waals surface area contributed by atoms with Crippen LogP contribution in [0.2, 0.25) is 0 Å². The maximum Gasteiger partial charge on any atom is 0.217 e. The topological polar surface area (TPSA) is 88.6 Å². The van der Waals surface area contributed by atoms with Gasteiger partial charge in [-0.05, 0) is 51.2 Å². The second-order valence-corrected chi connectivity index (χ2v) is 7.92. The highest BCUT2D eigenvalue weighted by Crippen LogP contribution is 2.35. The van der Waals surface area contributed by atoms with Gasteiger partial charge in [0, 0.05) is 30.6 Å². The molecule has 0 saturated carbocycles. The number of nitrogens with one attached hydrogen (secondary N) is 2. The molecule has 0 radical (unpaired) electrons. The molecule has 1 amide bonds. The van der Waals surface area contributed by atoms with Gasteiger partial charge >= 0.3 is 0 Å². The first kappa shape index (κ1) is 23.3. The summed E-state index contributed by atoms with van der Waals surface area (Å²) in [5, 5.41) is 7.09. The van der Waals surface area contributed by atoms with Crippen LogP contribution in [0, 0.1) is 0 Å². The number of benzene rings is 2. The summed E-state index contributed by atoms with van der Waals surface area (Å²) in [5.74, 6) is 1.93. The molecular weight excluding hydrogens is 406 g/mol. The number of hydrogen-bond donors (Lipinski definition) is 2. The van der Waals surface area contributed by atoms with E-state index in [2.05, 4.69) is 25.5 Å². The van der Waals surface area contributed by atoms with Gasteiger partial charge in [0.25, 0.3) is 0 Å². The second kappa shape index (κ2) is 10.8. The van der Waals surface area contributed by atoms with Crippen LogP contribution in [0.5, 0.6) is 11.5 Å². The van der Waals surface area contributed by atoms with E-state index in [1.165, 1.54) is 13.3 Å². The second-order valence-electron chi connectivity index (χ2n) is 7.92. The van der Waals surface area contributed by atoms with Gasteiger partial charge in [0.2, 0.25) is 5.91 Å². The monoisotopic (exact) mass is 437 g/mol. The van der Waals surface area contributed by atoms with Gasteiger partial charge in [-0.15, -0.1) is 0 Å². The summed E-state index contributed by atoms with van der Waals surface area (Å²) in [7, 11) is 5.70. The normalized spacial score (nSPS) is 11.9. The fourth-order valence-electron chi connectivity index (χ4n) is 3.38. The van der Waals surface area contributed by atoms with E-state index in [0.29, 0.717) is 23.9 Å². The van der Waals surface area contributed by atoms with Crippen molar-refractivity contribution in [3.05, 3.63) is 48.3 Å². The van der Waals surface area contributed by atoms with E-state index in [4.69, 9.17) is 9.47 Å². The van der Waals surface area contributed by atoms with Crippen LogP contribution in [-0.2, 0) is 4.79 Å². The highest BCUT2D eigenvalue weighted by Gasteiger charge is 2.13. The van der Waals surface area contributed by atoms with Crippen LogP contribution in [0.1, 0.15) is 31.9 Å². The lowest BCUT2D eigenvalue weighted by molar-refractivity contribution is -0.119. The molecule has 0 saturated heterocycles. The molecule has 0 unspecified atom stereocenters. The smallest absolute Gasteiger partial charge is 0.217 e. The fraction of sp³-hybridized carbons (Fsp3) is 0.375. The number of nitrogens with zero attached hydrogens (tertiary/aromatic N) is 3. The van der Waals surface area contributed by atoms with Gasteiger partial charge in [-0.25, -0.2) is 9.97 Å². The third-order valence-electron chi connectivity index (χ3n) is 5.02. The predicted octanol–water partition coefficient (Wildman–Crippen LogP) is 3.91. The molecule has 3 aromatic rings. The quantitative estimate of drug-likeness (QED) is 0.465. The van der Waals surface area contributed by atoms with E-state index in [9.17, 15) is 4.79 Å². The number of carbonyl (C=O) groups is 1. The molecule has 1 heterocycles. The van der Waals surface area contributed by atoms with Crippen LogP contribution in [0.25, 0.3) is 10.9 Å². The first-order valence-corrected chi connectivity index (χ1v) is 10.6. The third-order valence-corrected chi connectivity index (χ3v) is 5.02. The van der Waals surface area contributed by atoms with Gasteiger partial charge < -0.3 is 25.0 Å². The Hall–Kier alpha value is -3.39. The van der Waals surface area contributed by atoms with Crippen molar-refractivity contribution in [2.45, 2.75) is 26.3 Å². The van der Waals surface area contributed by atoms with E-state index in [1.807, 2.05) is 57.4 Å². The van der Waals surface area contributed by atoms with E-state index in [-0.39, 0.29) is 11.9 Å². The SMILES string of the molecule is COc1cc2ncnc(Nc3ccc([C@@H](C)NC(C)=O)cc3)c2cc1OCCCN(C)C. The highest BCUT2D eigenvalue weighted by atomic mass is 16.5. The largest absolute Gasteiger partial charge is 0.493 e. The summed E-state index contributed by atoms with van der Waals surface area (Å²) in [6.07, 6.45) is 2.43. The Labute approximate surface area is 189 Å². The number of aromatic nitrogens is 2. The molecule has 8 nitrogen and oxygen atoms in total. The average Bonchev–Trinajstić information content (AvgIpc) is 2.76. The predicted molar refractivity (Wildman–Crippen MR) is 127 cm³/mol. The number of ether oxygens (including phenoxy) is 2. The molecule has 2 N–H and O–H groups in total. The van der Waals surface area contributed by atoms with Crippen molar-refractivity contribution >= 4 is 28.3 Å². The summed E-state index contributed by atoms with van der Waals surface area (Å²) in [5.41, 5.74) is 2.67. The minimum absolute atomic E-state index is 0.0534. The molecule has 170 valence electrons. The molecule has 3 rings (SSSR count). The number of fused-ring (bicyclic) bond motifs is 1. The molecule has 0 aliphatic carbocycles. The summed E-state index contributed by atoms with van der Waals surface area (Å²) >= 11 is 0. The number of amides is 1. The Morgan fingerprint density at radius 2 is 1.88 bits per heavy atom. The molecule has 2 aromatic carbocycles. The van der Waals surface area contributed by atoms with E-state index >= 15 is 0 Å². The summed E-state index contributed by atoms with van der Waals surface area (Å²) in [6.45, 7) is 5.00. The van der Waals surface area contributed by atoms with Crippen molar-refractivity contribution in [2.24, 2.45) is 0 Å². The van der Waals surface area contributed by atoms with Gasteiger partial charge in [0.15, 0.2) is 11.5 Å². The number of rotatable bonds is 10. The third kappa shape index (κ3) is 6.07. The van der Waals surface area contributed by atoms with Crippen molar-refractivity contribution in [2.75, 3.05) is 39.7 Å².